The van der Waals surface area contributed by atoms with Gasteiger partial charge in [0.25, 0.3) is 0 Å². The van der Waals surface area contributed by atoms with Gasteiger partial charge in [0, 0.05) is 19.3 Å². The Labute approximate surface area is 503 Å². The largest absolute Gasteiger partial charge is 0.462 e. The van der Waals surface area contributed by atoms with Crippen molar-refractivity contribution >= 4 is 17.9 Å². The van der Waals surface area contributed by atoms with Crippen LogP contribution in [0.3, 0.4) is 0 Å². The van der Waals surface area contributed by atoms with Crippen LogP contribution in [-0.2, 0) is 28.6 Å². The zero-order valence-electron chi connectivity index (χ0n) is 54.1. The minimum absolute atomic E-state index is 0.0872. The average molecular weight is 1130 g/mol. The van der Waals surface area contributed by atoms with Crippen molar-refractivity contribution in [2.24, 2.45) is 0 Å². The molecule has 1 unspecified atom stereocenters. The molecule has 0 radical (unpaired) electrons. The maximum atomic E-state index is 12.9. The van der Waals surface area contributed by atoms with Crippen molar-refractivity contribution < 1.29 is 28.6 Å². The lowest BCUT2D eigenvalue weighted by Crippen LogP contribution is -2.30. The first kappa shape index (κ1) is 77.9. The van der Waals surface area contributed by atoms with Crippen molar-refractivity contribution in [1.29, 1.82) is 0 Å². The molecule has 1 atom stereocenters. The molecule has 6 heteroatoms. The Hall–Kier alpha value is -3.15. The van der Waals surface area contributed by atoms with Crippen LogP contribution in [0.15, 0.2) is 72.9 Å². The SMILES string of the molecule is CC/C=C\C/C=C\C/C=C\C/C=C\CCCCC(=O)OCC(COC(=O)CCCCCCCCCCCCCCCCCCCCCCCCCCCCCCC)OC(=O)CCCCCCCCCCC/C=C\C/C=C\CCCCC. The minimum atomic E-state index is -0.795. The number of unbranched alkanes of at least 4 members (excludes halogenated alkanes) is 42. The molecule has 0 aromatic carbocycles. The second-order valence-electron chi connectivity index (χ2n) is 23.8. The van der Waals surface area contributed by atoms with Crippen molar-refractivity contribution in [2.75, 3.05) is 13.2 Å². The van der Waals surface area contributed by atoms with Gasteiger partial charge in [0.2, 0.25) is 0 Å². The van der Waals surface area contributed by atoms with Crippen LogP contribution in [0.1, 0.15) is 367 Å². The summed E-state index contributed by atoms with van der Waals surface area (Å²) in [6.45, 7) is 6.52. The summed E-state index contributed by atoms with van der Waals surface area (Å²) in [5.74, 6) is -0.915. The summed E-state index contributed by atoms with van der Waals surface area (Å²) < 4.78 is 16.9. The Bertz CT molecular complexity index is 1490. The predicted octanol–water partition coefficient (Wildman–Crippen LogP) is 24.4. The highest BCUT2D eigenvalue weighted by molar-refractivity contribution is 5.71. The van der Waals surface area contributed by atoms with Gasteiger partial charge in [-0.05, 0) is 89.9 Å². The fraction of sp³-hybridized carbons (Fsp3) is 0.800. The van der Waals surface area contributed by atoms with Gasteiger partial charge in [-0.15, -0.1) is 0 Å². The van der Waals surface area contributed by atoms with Gasteiger partial charge in [-0.25, -0.2) is 0 Å². The zero-order chi connectivity index (χ0) is 58.5. The molecule has 0 heterocycles. The van der Waals surface area contributed by atoms with Crippen molar-refractivity contribution in [2.45, 2.75) is 374 Å². The monoisotopic (exact) mass is 1130 g/mol. The minimum Gasteiger partial charge on any atom is -0.462 e. The molecule has 0 aromatic rings. The number of hydrogen-bond acceptors (Lipinski definition) is 6. The molecule has 6 nitrogen and oxygen atoms in total. The predicted molar refractivity (Wildman–Crippen MR) is 353 cm³/mol. The molecule has 0 saturated carbocycles. The van der Waals surface area contributed by atoms with E-state index in [-0.39, 0.29) is 31.1 Å². The lowest BCUT2D eigenvalue weighted by Gasteiger charge is -2.18. The van der Waals surface area contributed by atoms with Crippen molar-refractivity contribution in [3.63, 3.8) is 0 Å². The van der Waals surface area contributed by atoms with Gasteiger partial charge in [0.05, 0.1) is 0 Å². The molecule has 0 rings (SSSR count). The zero-order valence-corrected chi connectivity index (χ0v) is 54.1. The van der Waals surface area contributed by atoms with E-state index in [0.717, 1.165) is 89.9 Å². The summed E-state index contributed by atoms with van der Waals surface area (Å²) in [4.78, 5) is 38.4. The second-order valence-corrected chi connectivity index (χ2v) is 23.8. The molecule has 0 aliphatic carbocycles. The number of allylic oxidation sites excluding steroid dienone is 12. The molecule has 0 saturated heterocycles. The second kappa shape index (κ2) is 69.3. The van der Waals surface area contributed by atoms with Crippen LogP contribution in [0.2, 0.25) is 0 Å². The molecule has 0 N–H and O–H groups in total. The smallest absolute Gasteiger partial charge is 0.306 e. The fourth-order valence-electron chi connectivity index (χ4n) is 10.4. The first-order valence-electron chi connectivity index (χ1n) is 35.4. The Morgan fingerprint density at radius 2 is 0.481 bits per heavy atom. The van der Waals surface area contributed by atoms with Gasteiger partial charge >= 0.3 is 17.9 Å². The number of rotatable bonds is 65. The third kappa shape index (κ3) is 67.5. The van der Waals surface area contributed by atoms with E-state index in [1.54, 1.807) is 0 Å². The first-order chi connectivity index (χ1) is 40.0. The van der Waals surface area contributed by atoms with E-state index < -0.39 is 6.10 Å². The highest BCUT2D eigenvalue weighted by Gasteiger charge is 2.19. The van der Waals surface area contributed by atoms with E-state index in [0.29, 0.717) is 19.3 Å². The lowest BCUT2D eigenvalue weighted by atomic mass is 10.0. The summed E-state index contributed by atoms with van der Waals surface area (Å²) in [5, 5.41) is 0. The highest BCUT2D eigenvalue weighted by Crippen LogP contribution is 2.18. The summed E-state index contributed by atoms with van der Waals surface area (Å²) >= 11 is 0. The van der Waals surface area contributed by atoms with Gasteiger partial charge in [-0.3, -0.25) is 14.4 Å². The quantitative estimate of drug-likeness (QED) is 0.0261. The van der Waals surface area contributed by atoms with Gasteiger partial charge < -0.3 is 14.2 Å². The van der Waals surface area contributed by atoms with Gasteiger partial charge in [-0.1, -0.05) is 331 Å². The Morgan fingerprint density at radius 1 is 0.259 bits per heavy atom. The molecule has 0 fully saturated rings. The lowest BCUT2D eigenvalue weighted by molar-refractivity contribution is -0.167. The van der Waals surface area contributed by atoms with Crippen LogP contribution in [0.5, 0.6) is 0 Å². The summed E-state index contributed by atoms with van der Waals surface area (Å²) in [6.07, 6.45) is 90.9. The Balaban J connectivity index is 4.25. The van der Waals surface area contributed by atoms with Crippen LogP contribution in [-0.4, -0.2) is 37.2 Å². The molecule has 470 valence electrons. The summed E-state index contributed by atoms with van der Waals surface area (Å²) in [7, 11) is 0. The van der Waals surface area contributed by atoms with Crippen molar-refractivity contribution in [1.82, 2.24) is 0 Å². The molecule has 0 bridgehead atoms. The van der Waals surface area contributed by atoms with E-state index in [4.69, 9.17) is 14.2 Å². The van der Waals surface area contributed by atoms with E-state index in [2.05, 4.69) is 93.7 Å². The van der Waals surface area contributed by atoms with E-state index in [1.165, 1.54) is 238 Å². The van der Waals surface area contributed by atoms with Gasteiger partial charge in [0.1, 0.15) is 13.2 Å². The van der Waals surface area contributed by atoms with Crippen molar-refractivity contribution in [3.05, 3.63) is 72.9 Å². The number of carbonyl (C=O) groups excluding carboxylic acids is 3. The molecular formula is C75H134O6. The summed E-state index contributed by atoms with van der Waals surface area (Å²) in [6, 6.07) is 0. The van der Waals surface area contributed by atoms with Gasteiger partial charge in [0.15, 0.2) is 6.10 Å². The molecule has 0 aliphatic heterocycles. The number of hydrogen-bond donors (Lipinski definition) is 0. The molecule has 0 spiro atoms. The third-order valence-corrected chi connectivity index (χ3v) is 15.7. The van der Waals surface area contributed by atoms with Crippen LogP contribution in [0.25, 0.3) is 0 Å². The first-order valence-corrected chi connectivity index (χ1v) is 35.4. The fourth-order valence-corrected chi connectivity index (χ4v) is 10.4. The molecule has 0 aliphatic rings. The standard InChI is InChI=1S/C75H134O6/c1-4-7-10-13-16-19-22-25-28-30-32-33-34-35-36-37-38-39-40-41-43-44-47-50-53-56-59-62-65-68-74(77)80-71-72(70-79-73(76)67-64-61-58-55-52-49-46-27-24-21-18-15-12-9-6-3)81-75(78)69-66-63-60-57-54-51-48-45-42-31-29-26-23-20-17-14-11-8-5-2/h9,12,17-18,20-21,26-27,29,46,52,55,72H,4-8,10-11,13-16,19,22-25,28,30-45,47-51,53-54,56-71H2,1-3H3/b12-9-,20-17-,21-18-,29-26-,46-27-,55-52-. The number of esters is 3. The number of carbonyl (C=O) groups is 3. The van der Waals surface area contributed by atoms with Crippen LogP contribution in [0, 0.1) is 0 Å². The Kier molecular flexibility index (Phi) is 66.6. The average Bonchev–Trinajstić information content (AvgIpc) is 3.47. The van der Waals surface area contributed by atoms with E-state index in [1.807, 2.05) is 0 Å². The third-order valence-electron chi connectivity index (χ3n) is 15.7. The molecule has 0 aromatic heterocycles. The Morgan fingerprint density at radius 3 is 0.802 bits per heavy atom. The van der Waals surface area contributed by atoms with Gasteiger partial charge in [-0.2, -0.15) is 0 Å². The topological polar surface area (TPSA) is 78.9 Å². The van der Waals surface area contributed by atoms with Crippen LogP contribution < -0.4 is 0 Å². The van der Waals surface area contributed by atoms with E-state index in [9.17, 15) is 14.4 Å². The maximum Gasteiger partial charge on any atom is 0.306 e. The normalized spacial score (nSPS) is 12.5. The molecule has 0 amide bonds. The summed E-state index contributed by atoms with van der Waals surface area (Å²) in [5.41, 5.74) is 0. The highest BCUT2D eigenvalue weighted by atomic mass is 16.6. The maximum absolute atomic E-state index is 12.9. The van der Waals surface area contributed by atoms with Crippen LogP contribution in [0.4, 0.5) is 0 Å². The van der Waals surface area contributed by atoms with Crippen molar-refractivity contribution in [3.8, 4) is 0 Å². The number of ether oxygens (including phenoxy) is 3. The molecule has 81 heavy (non-hydrogen) atoms. The van der Waals surface area contributed by atoms with E-state index >= 15 is 0 Å². The molecular weight excluding hydrogens is 997 g/mol. The van der Waals surface area contributed by atoms with Crippen LogP contribution >= 0.6 is 0 Å².